The Bertz CT molecular complexity index is 455. The third-order valence-corrected chi connectivity index (χ3v) is 4.51. The molecule has 1 aromatic heterocycles. The molecule has 1 saturated heterocycles. The molecule has 20 heavy (non-hydrogen) atoms. The van der Waals surface area contributed by atoms with Gasteiger partial charge in [0.25, 0.3) is 5.91 Å². The minimum Gasteiger partial charge on any atom is -0.394 e. The molecule has 0 aliphatic carbocycles. The van der Waals surface area contributed by atoms with Crippen molar-refractivity contribution in [3.8, 4) is 0 Å². The van der Waals surface area contributed by atoms with Crippen LogP contribution in [0.3, 0.4) is 0 Å². The van der Waals surface area contributed by atoms with Crippen LogP contribution < -0.4 is 16.0 Å². The first-order valence-corrected chi connectivity index (χ1v) is 7.86. The number of nitrogens with two attached hydrogens (primary N) is 1. The van der Waals surface area contributed by atoms with E-state index in [4.69, 9.17) is 10.8 Å². The van der Waals surface area contributed by atoms with E-state index in [1.807, 2.05) is 0 Å². The average molecular weight is 298 g/mol. The number of hydrogen-bond acceptors (Lipinski definition) is 6. The van der Waals surface area contributed by atoms with Crippen molar-refractivity contribution in [1.29, 1.82) is 0 Å². The summed E-state index contributed by atoms with van der Waals surface area (Å²) in [5.74, 6) is 0.0134. The number of nitrogens with one attached hydrogen (secondary N) is 1. The molecule has 112 valence electrons. The fourth-order valence-corrected chi connectivity index (χ4v) is 3.16. The zero-order valence-corrected chi connectivity index (χ0v) is 12.6. The lowest BCUT2D eigenvalue weighted by atomic mass is 10.2. The Hall–Kier alpha value is -1.34. The van der Waals surface area contributed by atoms with Gasteiger partial charge in [-0.1, -0.05) is 24.2 Å². The fourth-order valence-electron chi connectivity index (χ4n) is 2.22. The fraction of sp³-hybridized carbons (Fsp3) is 0.692. The van der Waals surface area contributed by atoms with E-state index in [9.17, 15) is 4.79 Å². The number of carbonyl (C=O) groups excluding carboxylic acids is 1. The summed E-state index contributed by atoms with van der Waals surface area (Å²) in [5.41, 5.74) is 5.85. The summed E-state index contributed by atoms with van der Waals surface area (Å²) in [6.45, 7) is 3.59. The SMILES string of the molecule is CC(CO)NC(=O)c1sc(N2CCCCCC2)nc1N. The summed E-state index contributed by atoms with van der Waals surface area (Å²) in [7, 11) is 0. The first-order valence-electron chi connectivity index (χ1n) is 7.04. The molecule has 0 bridgehead atoms. The summed E-state index contributed by atoms with van der Waals surface area (Å²) in [6.07, 6.45) is 4.81. The van der Waals surface area contributed by atoms with Crippen LogP contribution in [0.5, 0.6) is 0 Å². The molecule has 7 heteroatoms. The van der Waals surface area contributed by atoms with Gasteiger partial charge in [-0.15, -0.1) is 0 Å². The number of nitrogens with zero attached hydrogens (tertiary/aromatic N) is 2. The van der Waals surface area contributed by atoms with Crippen molar-refractivity contribution in [3.63, 3.8) is 0 Å². The second kappa shape index (κ2) is 6.90. The van der Waals surface area contributed by atoms with Crippen LogP contribution in [0.4, 0.5) is 10.9 Å². The molecule has 4 N–H and O–H groups in total. The number of hydrogen-bond donors (Lipinski definition) is 3. The average Bonchev–Trinajstić information content (AvgIpc) is 2.66. The van der Waals surface area contributed by atoms with Crippen LogP contribution in [-0.4, -0.2) is 41.7 Å². The lowest BCUT2D eigenvalue weighted by molar-refractivity contribution is 0.0927. The van der Waals surface area contributed by atoms with Crippen molar-refractivity contribution in [2.24, 2.45) is 0 Å². The lowest BCUT2D eigenvalue weighted by Gasteiger charge is -2.18. The van der Waals surface area contributed by atoms with Gasteiger partial charge in [0.05, 0.1) is 6.61 Å². The van der Waals surface area contributed by atoms with Gasteiger partial charge in [-0.2, -0.15) is 0 Å². The Balaban J connectivity index is 2.10. The van der Waals surface area contributed by atoms with Gasteiger partial charge in [-0.25, -0.2) is 4.98 Å². The zero-order valence-electron chi connectivity index (χ0n) is 11.8. The van der Waals surface area contributed by atoms with Gasteiger partial charge in [0, 0.05) is 19.1 Å². The smallest absolute Gasteiger partial charge is 0.265 e. The van der Waals surface area contributed by atoms with Gasteiger partial charge in [-0.05, 0) is 19.8 Å². The van der Waals surface area contributed by atoms with E-state index >= 15 is 0 Å². The largest absolute Gasteiger partial charge is 0.394 e. The van der Waals surface area contributed by atoms with E-state index in [0.29, 0.717) is 4.88 Å². The van der Waals surface area contributed by atoms with Crippen LogP contribution in [0.25, 0.3) is 0 Å². The van der Waals surface area contributed by atoms with Gasteiger partial charge < -0.3 is 21.1 Å². The van der Waals surface area contributed by atoms with Gasteiger partial charge in [0.2, 0.25) is 0 Å². The minimum absolute atomic E-state index is 0.0938. The molecule has 0 saturated carbocycles. The molecule has 1 aliphatic rings. The Morgan fingerprint density at radius 1 is 1.45 bits per heavy atom. The molecule has 0 aromatic carbocycles. The highest BCUT2D eigenvalue weighted by Crippen LogP contribution is 2.29. The molecule has 1 fully saturated rings. The summed E-state index contributed by atoms with van der Waals surface area (Å²) < 4.78 is 0. The highest BCUT2D eigenvalue weighted by atomic mass is 32.1. The molecular weight excluding hydrogens is 276 g/mol. The monoisotopic (exact) mass is 298 g/mol. The number of aliphatic hydroxyl groups is 1. The van der Waals surface area contributed by atoms with Gasteiger partial charge in [0.1, 0.15) is 10.7 Å². The summed E-state index contributed by atoms with van der Waals surface area (Å²) >= 11 is 1.33. The number of aromatic nitrogens is 1. The van der Waals surface area contributed by atoms with Gasteiger partial charge >= 0.3 is 0 Å². The summed E-state index contributed by atoms with van der Waals surface area (Å²) in [4.78, 5) is 19.0. The molecule has 0 radical (unpaired) electrons. The third kappa shape index (κ3) is 3.61. The second-order valence-electron chi connectivity index (χ2n) is 5.17. The van der Waals surface area contributed by atoms with E-state index in [1.165, 1.54) is 24.2 Å². The molecule has 1 amide bonds. The molecule has 1 atom stereocenters. The van der Waals surface area contributed by atoms with E-state index in [-0.39, 0.29) is 24.4 Å². The molecular formula is C13H22N4O2S. The quantitative estimate of drug-likeness (QED) is 0.777. The molecule has 2 rings (SSSR count). The normalized spacial score (nSPS) is 17.6. The van der Waals surface area contributed by atoms with Crippen LogP contribution >= 0.6 is 11.3 Å². The standard InChI is InChI=1S/C13H22N4O2S/c1-9(8-18)15-12(19)10-11(14)16-13(20-10)17-6-4-2-3-5-7-17/h9,18H,2-8,14H2,1H3,(H,15,19). The van der Waals surface area contributed by atoms with Crippen LogP contribution in [0.15, 0.2) is 0 Å². The molecule has 1 unspecified atom stereocenters. The topological polar surface area (TPSA) is 91.5 Å². The molecule has 1 aromatic rings. The van der Waals surface area contributed by atoms with E-state index in [1.54, 1.807) is 6.92 Å². The highest BCUT2D eigenvalue weighted by molar-refractivity contribution is 7.18. The Kier molecular flexibility index (Phi) is 5.19. The summed E-state index contributed by atoms with van der Waals surface area (Å²) in [6, 6.07) is -0.286. The van der Waals surface area contributed by atoms with E-state index in [2.05, 4.69) is 15.2 Å². The van der Waals surface area contributed by atoms with Crippen LogP contribution in [-0.2, 0) is 0 Å². The Morgan fingerprint density at radius 2 is 2.10 bits per heavy atom. The number of rotatable bonds is 4. The van der Waals surface area contributed by atoms with Crippen molar-refractivity contribution < 1.29 is 9.90 Å². The van der Waals surface area contributed by atoms with Crippen molar-refractivity contribution >= 4 is 28.2 Å². The predicted octanol–water partition coefficient (Wildman–Crippen LogP) is 1.22. The van der Waals surface area contributed by atoms with Crippen molar-refractivity contribution in [1.82, 2.24) is 10.3 Å². The number of anilines is 2. The van der Waals surface area contributed by atoms with E-state index in [0.717, 1.165) is 31.1 Å². The maximum Gasteiger partial charge on any atom is 0.265 e. The zero-order chi connectivity index (χ0) is 14.5. The Labute approximate surface area is 123 Å². The van der Waals surface area contributed by atoms with Crippen LogP contribution in [0.2, 0.25) is 0 Å². The van der Waals surface area contributed by atoms with E-state index < -0.39 is 0 Å². The molecule has 1 aliphatic heterocycles. The lowest BCUT2D eigenvalue weighted by Crippen LogP contribution is -2.34. The maximum absolute atomic E-state index is 12.0. The maximum atomic E-state index is 12.0. The van der Waals surface area contributed by atoms with Crippen LogP contribution in [0.1, 0.15) is 42.3 Å². The van der Waals surface area contributed by atoms with Gasteiger partial charge in [-0.3, -0.25) is 4.79 Å². The highest BCUT2D eigenvalue weighted by Gasteiger charge is 2.21. The number of amides is 1. The van der Waals surface area contributed by atoms with Crippen LogP contribution in [0, 0.1) is 0 Å². The predicted molar refractivity (Wildman–Crippen MR) is 81.2 cm³/mol. The number of aliphatic hydroxyl groups excluding tert-OH is 1. The first kappa shape index (κ1) is 15.1. The Morgan fingerprint density at radius 3 is 2.70 bits per heavy atom. The van der Waals surface area contributed by atoms with Gasteiger partial charge in [0.15, 0.2) is 5.13 Å². The first-order chi connectivity index (χ1) is 9.61. The summed E-state index contributed by atoms with van der Waals surface area (Å²) in [5, 5.41) is 12.5. The number of thiazole rings is 1. The number of nitrogen functional groups attached to an aromatic ring is 1. The molecule has 0 spiro atoms. The van der Waals surface area contributed by atoms with Crippen molar-refractivity contribution in [2.75, 3.05) is 30.3 Å². The van der Waals surface area contributed by atoms with Crippen molar-refractivity contribution in [2.45, 2.75) is 38.6 Å². The molecule has 6 nitrogen and oxygen atoms in total. The number of carbonyl (C=O) groups is 1. The minimum atomic E-state index is -0.286. The second-order valence-corrected chi connectivity index (χ2v) is 6.15. The molecule has 2 heterocycles. The third-order valence-electron chi connectivity index (χ3n) is 3.38. The van der Waals surface area contributed by atoms with Crippen molar-refractivity contribution in [3.05, 3.63) is 4.88 Å².